The maximum Gasteiger partial charge on any atom is 0.210 e. The number of H-pyrrole nitrogens is 1. The van der Waals surface area contributed by atoms with Crippen LogP contribution in [0.25, 0.3) is 10.9 Å². The minimum Gasteiger partial charge on any atom is -0.351 e. The molecule has 0 saturated carbocycles. The molecule has 0 unspecified atom stereocenters. The van der Waals surface area contributed by atoms with Crippen LogP contribution in [0.1, 0.15) is 37.5 Å². The van der Waals surface area contributed by atoms with Crippen LogP contribution in [0.15, 0.2) is 42.5 Å². The largest absolute Gasteiger partial charge is 0.351 e. The van der Waals surface area contributed by atoms with Crippen LogP contribution in [0, 0.1) is 6.92 Å². The summed E-state index contributed by atoms with van der Waals surface area (Å²) in [6.45, 7) is 1.92. The lowest BCUT2D eigenvalue weighted by Crippen LogP contribution is -2.20. The SMILES string of the molecule is Cc1ccc2c(c1)C(=O)c1[nH]c3ccccc3c1C2=O. The highest BCUT2D eigenvalue weighted by atomic mass is 16.1. The van der Waals surface area contributed by atoms with E-state index in [1.165, 1.54) is 0 Å². The van der Waals surface area contributed by atoms with Crippen molar-refractivity contribution in [1.29, 1.82) is 0 Å². The Morgan fingerprint density at radius 2 is 1.70 bits per heavy atom. The predicted molar refractivity (Wildman–Crippen MR) is 76.3 cm³/mol. The summed E-state index contributed by atoms with van der Waals surface area (Å²) in [5.41, 5.74) is 3.70. The van der Waals surface area contributed by atoms with Crippen LogP contribution in [-0.2, 0) is 0 Å². The van der Waals surface area contributed by atoms with Crippen molar-refractivity contribution in [2.75, 3.05) is 0 Å². The minimum absolute atomic E-state index is 0.0768. The second-order valence-corrected chi connectivity index (χ2v) is 5.13. The summed E-state index contributed by atoms with van der Waals surface area (Å²) >= 11 is 0. The summed E-state index contributed by atoms with van der Waals surface area (Å²) < 4.78 is 0. The van der Waals surface area contributed by atoms with E-state index in [-0.39, 0.29) is 11.6 Å². The Labute approximate surface area is 115 Å². The van der Waals surface area contributed by atoms with Crippen LogP contribution in [0.4, 0.5) is 0 Å². The molecule has 3 nitrogen and oxygen atoms in total. The van der Waals surface area contributed by atoms with E-state index < -0.39 is 0 Å². The van der Waals surface area contributed by atoms with Gasteiger partial charge in [-0.3, -0.25) is 9.59 Å². The van der Waals surface area contributed by atoms with Crippen LogP contribution < -0.4 is 0 Å². The lowest BCUT2D eigenvalue weighted by Gasteiger charge is -2.14. The molecular formula is C17H11NO2. The molecule has 4 rings (SSSR count). The summed E-state index contributed by atoms with van der Waals surface area (Å²) in [4.78, 5) is 28.3. The molecule has 0 bridgehead atoms. The summed E-state index contributed by atoms with van der Waals surface area (Å²) in [6.07, 6.45) is 0. The highest BCUT2D eigenvalue weighted by Crippen LogP contribution is 2.32. The summed E-state index contributed by atoms with van der Waals surface area (Å²) in [5.74, 6) is -0.179. The lowest BCUT2D eigenvalue weighted by molar-refractivity contribution is 0.0978. The number of carbonyl (C=O) groups excluding carboxylic acids is 2. The zero-order chi connectivity index (χ0) is 13.9. The van der Waals surface area contributed by atoms with Crippen LogP contribution >= 0.6 is 0 Å². The number of ketones is 2. The average molecular weight is 261 g/mol. The minimum atomic E-state index is -0.102. The average Bonchev–Trinajstić information content (AvgIpc) is 2.84. The molecule has 0 aliphatic heterocycles. The molecule has 0 saturated heterocycles. The van der Waals surface area contributed by atoms with Gasteiger partial charge in [-0.1, -0.05) is 35.9 Å². The number of aromatic amines is 1. The first kappa shape index (κ1) is 11.2. The molecule has 2 aromatic carbocycles. The van der Waals surface area contributed by atoms with Crippen molar-refractivity contribution >= 4 is 22.5 Å². The molecule has 1 heterocycles. The van der Waals surface area contributed by atoms with Gasteiger partial charge >= 0.3 is 0 Å². The molecule has 0 spiro atoms. The fourth-order valence-electron chi connectivity index (χ4n) is 2.86. The van der Waals surface area contributed by atoms with E-state index in [0.29, 0.717) is 22.4 Å². The number of hydrogen-bond acceptors (Lipinski definition) is 2. The fraction of sp³-hybridized carbons (Fsp3) is 0.0588. The van der Waals surface area contributed by atoms with Gasteiger partial charge in [-0.25, -0.2) is 0 Å². The second kappa shape index (κ2) is 3.67. The van der Waals surface area contributed by atoms with Gasteiger partial charge in [0.25, 0.3) is 0 Å². The van der Waals surface area contributed by atoms with Gasteiger partial charge in [0.15, 0.2) is 5.78 Å². The van der Waals surface area contributed by atoms with Gasteiger partial charge in [0.1, 0.15) is 0 Å². The van der Waals surface area contributed by atoms with Crippen LogP contribution in [-0.4, -0.2) is 16.6 Å². The van der Waals surface area contributed by atoms with Crippen molar-refractivity contribution in [3.63, 3.8) is 0 Å². The first-order valence-electron chi connectivity index (χ1n) is 6.47. The Morgan fingerprint density at radius 3 is 2.55 bits per heavy atom. The zero-order valence-corrected chi connectivity index (χ0v) is 10.9. The third-order valence-electron chi connectivity index (χ3n) is 3.82. The standard InChI is InChI=1S/C17H11NO2/c1-9-6-7-10-12(8-9)17(20)15-14(16(10)19)11-4-2-3-5-13(11)18-15/h2-8,18H,1H3. The van der Waals surface area contributed by atoms with Gasteiger partial charge < -0.3 is 4.98 Å². The lowest BCUT2D eigenvalue weighted by atomic mass is 9.86. The van der Waals surface area contributed by atoms with Gasteiger partial charge in [-0.15, -0.1) is 0 Å². The van der Waals surface area contributed by atoms with Crippen molar-refractivity contribution in [1.82, 2.24) is 4.98 Å². The number of fused-ring (bicyclic) bond motifs is 4. The number of hydrogen-bond donors (Lipinski definition) is 1. The van der Waals surface area contributed by atoms with Gasteiger partial charge in [0.05, 0.1) is 11.3 Å². The van der Waals surface area contributed by atoms with Crippen molar-refractivity contribution in [2.24, 2.45) is 0 Å². The smallest absolute Gasteiger partial charge is 0.210 e. The van der Waals surface area contributed by atoms with E-state index in [9.17, 15) is 9.59 Å². The Morgan fingerprint density at radius 1 is 0.900 bits per heavy atom. The van der Waals surface area contributed by atoms with E-state index in [1.54, 1.807) is 12.1 Å². The van der Waals surface area contributed by atoms with Crippen molar-refractivity contribution in [2.45, 2.75) is 6.92 Å². The molecule has 1 aromatic heterocycles. The highest BCUT2D eigenvalue weighted by molar-refractivity contribution is 6.32. The summed E-state index contributed by atoms with van der Waals surface area (Å²) in [6, 6.07) is 12.9. The maximum absolute atomic E-state index is 12.7. The Bertz CT molecular complexity index is 902. The van der Waals surface area contributed by atoms with Crippen molar-refractivity contribution < 1.29 is 9.59 Å². The van der Waals surface area contributed by atoms with Crippen LogP contribution in [0.3, 0.4) is 0 Å². The molecule has 3 aromatic rings. The molecule has 0 radical (unpaired) electrons. The molecule has 1 N–H and O–H groups in total. The zero-order valence-electron chi connectivity index (χ0n) is 10.9. The maximum atomic E-state index is 12.7. The number of aryl methyl sites for hydroxylation is 1. The fourth-order valence-corrected chi connectivity index (χ4v) is 2.86. The number of nitrogens with one attached hydrogen (secondary N) is 1. The van der Waals surface area contributed by atoms with Crippen LogP contribution in [0.5, 0.6) is 0 Å². The van der Waals surface area contributed by atoms with E-state index >= 15 is 0 Å². The van der Waals surface area contributed by atoms with E-state index in [4.69, 9.17) is 0 Å². The molecule has 0 fully saturated rings. The monoisotopic (exact) mass is 261 g/mol. The summed E-state index contributed by atoms with van der Waals surface area (Å²) in [7, 11) is 0. The molecular weight excluding hydrogens is 250 g/mol. The van der Waals surface area contributed by atoms with Gasteiger partial charge in [-0.05, 0) is 19.1 Å². The molecule has 0 atom stereocenters. The van der Waals surface area contributed by atoms with E-state index in [1.807, 2.05) is 37.3 Å². The molecule has 1 aliphatic carbocycles. The topological polar surface area (TPSA) is 49.9 Å². The molecule has 3 heteroatoms. The van der Waals surface area contributed by atoms with Crippen molar-refractivity contribution in [3.05, 3.63) is 70.4 Å². The molecule has 0 amide bonds. The second-order valence-electron chi connectivity index (χ2n) is 5.13. The predicted octanol–water partition coefficient (Wildman–Crippen LogP) is 3.25. The Hall–Kier alpha value is -2.68. The van der Waals surface area contributed by atoms with E-state index in [2.05, 4.69) is 4.98 Å². The normalized spacial score (nSPS) is 13.4. The van der Waals surface area contributed by atoms with Gasteiger partial charge in [0.2, 0.25) is 5.78 Å². The van der Waals surface area contributed by atoms with E-state index in [0.717, 1.165) is 16.5 Å². The third kappa shape index (κ3) is 1.29. The van der Waals surface area contributed by atoms with Gasteiger partial charge in [0, 0.05) is 22.0 Å². The Balaban J connectivity index is 2.11. The molecule has 20 heavy (non-hydrogen) atoms. The number of carbonyl (C=O) groups is 2. The van der Waals surface area contributed by atoms with Crippen molar-refractivity contribution in [3.8, 4) is 0 Å². The quantitative estimate of drug-likeness (QED) is 0.528. The molecule has 96 valence electrons. The Kier molecular flexibility index (Phi) is 2.05. The summed E-state index contributed by atoms with van der Waals surface area (Å²) in [5, 5.41) is 0.812. The number of benzene rings is 2. The number of rotatable bonds is 0. The highest BCUT2D eigenvalue weighted by Gasteiger charge is 2.32. The number of aromatic nitrogens is 1. The first-order valence-corrected chi connectivity index (χ1v) is 6.47. The van der Waals surface area contributed by atoms with Gasteiger partial charge in [-0.2, -0.15) is 0 Å². The molecule has 1 aliphatic rings. The first-order chi connectivity index (χ1) is 9.66. The third-order valence-corrected chi connectivity index (χ3v) is 3.82. The number of para-hydroxylation sites is 1. The van der Waals surface area contributed by atoms with Crippen LogP contribution in [0.2, 0.25) is 0 Å².